The van der Waals surface area contributed by atoms with Gasteiger partial charge in [-0.25, -0.2) is 0 Å². The van der Waals surface area contributed by atoms with Crippen molar-refractivity contribution in [1.82, 2.24) is 9.80 Å². The second kappa shape index (κ2) is 71.6. The normalized spacial score (nSPS) is 25.0. The summed E-state index contributed by atoms with van der Waals surface area (Å²) in [6.45, 7) is 85.3. The fourth-order valence-electron chi connectivity index (χ4n) is 17.8. The van der Waals surface area contributed by atoms with E-state index in [1.54, 1.807) is 0 Å². The van der Waals surface area contributed by atoms with Gasteiger partial charge in [-0.1, -0.05) is 298 Å². The molecule has 4 fully saturated rings. The van der Waals surface area contributed by atoms with Crippen molar-refractivity contribution in [3.05, 3.63) is 145 Å². The molecule has 10 nitrogen and oxygen atoms in total. The first-order chi connectivity index (χ1) is 52.9. The van der Waals surface area contributed by atoms with Crippen molar-refractivity contribution in [2.24, 2.45) is 118 Å². The smallest absolute Gasteiger partial charge is 0 e. The van der Waals surface area contributed by atoms with Crippen molar-refractivity contribution in [1.29, 1.82) is 0 Å². The van der Waals surface area contributed by atoms with Crippen LogP contribution in [0, 0.1) is 148 Å². The Labute approximate surface area is 809 Å². The predicted octanol–water partition coefficient (Wildman–Crippen LogP) is 30.2. The van der Waals surface area contributed by atoms with Crippen LogP contribution in [0.4, 0.5) is 0 Å². The topological polar surface area (TPSA) is 168 Å². The number of benzene rings is 4. The van der Waals surface area contributed by atoms with Crippen molar-refractivity contribution >= 4 is 37.2 Å². The number of phenols is 4. The molecule has 0 atom stereocenters. The number of aromatic hydroxyl groups is 4. The van der Waals surface area contributed by atoms with E-state index in [0.29, 0.717) is 23.0 Å². The summed E-state index contributed by atoms with van der Waals surface area (Å²) < 4.78 is 0. The van der Waals surface area contributed by atoms with Crippen molar-refractivity contribution in [2.75, 3.05) is 42.5 Å². The number of nitrogens with zero attached hydrogens (tertiary/aromatic N) is 2. The average Bonchev–Trinajstić information content (AvgIpc) is 1.41. The van der Waals surface area contributed by atoms with Crippen molar-refractivity contribution < 1.29 is 118 Å². The number of aliphatic hydroxyl groups excluding tert-OH is 4. The molecule has 4 aromatic carbocycles. The van der Waals surface area contributed by atoms with Crippen molar-refractivity contribution in [3.8, 4) is 23.0 Å². The molecular formula is C102H190Cl4N2O8Ti4-4. The molecule has 4 aliphatic rings. The van der Waals surface area contributed by atoms with Crippen molar-refractivity contribution in [2.45, 2.75) is 323 Å². The molecule has 0 amide bonds. The van der Waals surface area contributed by atoms with Crippen LogP contribution in [0.5, 0.6) is 23.0 Å². The quantitative estimate of drug-likeness (QED) is 0.0399. The van der Waals surface area contributed by atoms with Crippen LogP contribution in [-0.2, 0) is 104 Å². The van der Waals surface area contributed by atoms with Crippen LogP contribution in [0.25, 0.3) is 0 Å². The molecule has 0 aliphatic heterocycles. The molecule has 0 saturated heterocycles. The minimum Gasteiger partial charge on any atom is 0 e. The fourth-order valence-corrected chi connectivity index (χ4v) is 17.8. The first-order valence-corrected chi connectivity index (χ1v) is 52.0. The predicted molar refractivity (Wildman–Crippen MR) is 520 cm³/mol. The second-order valence-corrected chi connectivity index (χ2v) is 42.6. The van der Waals surface area contributed by atoms with Crippen LogP contribution >= 0.6 is 37.2 Å². The SMILES string of the molecule is CC(C)c1cc(CN(C)Cc2cc(C(C)C)c(O)c(C(C)C)c2)cc(C(C)C)c1O.CC(C)c1cc(CN(C)Cc2cc(C(C)C)c(O)c(C(C)C)c2)cc(C(C)C)c1O.CC1C(C)C(C)C(C)C1C.CC1C(C)C(C)C(C)C1C.CC1C(C)C(C)C(C)C1C.CC1C(C)C(C)C(C)C1C.CO.CO.CO.CO.[CH3-].[CH3-].[CH3-].[CH3-].[Cl][Ti][Cl].[Cl][Ti][Cl].[Ti].[Ti]. The zero-order valence-corrected chi connectivity index (χ0v) is 94.9. The standard InChI is InChI=1S/2C27H41NO2.4C10H20.4CH4O.4CH3.4ClH.4Ti/c2*1-16(2)22-10-20(11-23(17(3)4)26(22)29)14-28(9)15-21-12-24(18(5)6)27(30)25(13-21)19(7)8;4*1-6-7(2)9(4)10(5)8(6)3;4*1-2;;;;;;;;;;;;/h2*10-13,16-19,29-30H,14-15H2,1-9H3;4*6-10H,1-5H3;4*2H,1H3;4*1H3;4*1H;;;;/q;;;;;;;;;;4*-1;;;;;;;2*+2/p-4. The summed E-state index contributed by atoms with van der Waals surface area (Å²) >= 11 is -1.11. The van der Waals surface area contributed by atoms with Gasteiger partial charge in [-0.05, 0) is 247 Å². The maximum atomic E-state index is 10.7. The van der Waals surface area contributed by atoms with Crippen LogP contribution < -0.4 is 0 Å². The van der Waals surface area contributed by atoms with Gasteiger partial charge in [-0.2, -0.15) is 0 Å². The van der Waals surface area contributed by atoms with E-state index in [0.717, 1.165) is 217 Å². The third-order valence-electron chi connectivity index (χ3n) is 28.3. The minimum atomic E-state index is -0.556. The van der Waals surface area contributed by atoms with Gasteiger partial charge in [0.05, 0.1) is 0 Å². The first kappa shape index (κ1) is 140. The van der Waals surface area contributed by atoms with E-state index in [1.165, 1.54) is 22.3 Å². The van der Waals surface area contributed by atoms with Gasteiger partial charge < -0.3 is 70.6 Å². The van der Waals surface area contributed by atoms with E-state index in [-0.39, 0.29) is 120 Å². The molecule has 0 bridgehead atoms. The van der Waals surface area contributed by atoms with Gasteiger partial charge in [-0.3, -0.25) is 9.80 Å². The Morgan fingerprint density at radius 1 is 0.225 bits per heavy atom. The Balaban J connectivity index is -0.000000154. The number of phenolic OH excluding ortho intramolecular Hbond substituents is 4. The Bertz CT molecular complexity index is 2490. The number of rotatable bonds is 16. The number of aliphatic hydroxyl groups is 4. The molecule has 8 rings (SSSR count). The van der Waals surface area contributed by atoms with Gasteiger partial charge >= 0.3 is 71.3 Å². The van der Waals surface area contributed by atoms with Gasteiger partial charge in [0.2, 0.25) is 0 Å². The maximum Gasteiger partial charge on any atom is 0 e. The summed E-state index contributed by atoms with van der Waals surface area (Å²) in [5.74, 6) is 22.8. The van der Waals surface area contributed by atoms with Crippen molar-refractivity contribution in [3.63, 3.8) is 0 Å². The fraction of sp³-hybridized carbons (Fsp3) is 0.725. The van der Waals surface area contributed by atoms with Crippen LogP contribution in [0.3, 0.4) is 0 Å². The van der Waals surface area contributed by atoms with Crippen LogP contribution in [-0.4, -0.2) is 93.2 Å². The molecule has 0 aromatic heterocycles. The number of hydrogen-bond donors (Lipinski definition) is 8. The maximum absolute atomic E-state index is 10.7. The molecule has 0 radical (unpaired) electrons. The number of hydrogen-bond acceptors (Lipinski definition) is 10. The van der Waals surface area contributed by atoms with Gasteiger partial charge in [-0.15, -0.1) is 0 Å². The van der Waals surface area contributed by atoms with E-state index in [4.69, 9.17) is 57.6 Å². The number of halogens is 4. The van der Waals surface area contributed by atoms with E-state index in [9.17, 15) is 20.4 Å². The molecule has 0 spiro atoms. The van der Waals surface area contributed by atoms with Gasteiger partial charge in [0.25, 0.3) is 0 Å². The summed E-state index contributed by atoms with van der Waals surface area (Å²) in [5.41, 5.74) is 13.1. The largest absolute Gasteiger partial charge is 0 e. The summed E-state index contributed by atoms with van der Waals surface area (Å²) in [4.78, 5) is 4.61. The third kappa shape index (κ3) is 43.7. The Morgan fingerprint density at radius 2 is 0.292 bits per heavy atom. The molecule has 4 saturated carbocycles. The molecule has 18 heteroatoms. The summed E-state index contributed by atoms with van der Waals surface area (Å²) in [5, 5.41) is 70.7. The Kier molecular flexibility index (Phi) is 83.7. The molecule has 0 unspecified atom stereocenters. The van der Waals surface area contributed by atoms with Gasteiger partial charge in [0, 0.05) is 98.1 Å². The molecule has 0 heterocycles. The molecular weight excluding hydrogens is 1710 g/mol. The summed E-state index contributed by atoms with van der Waals surface area (Å²) in [6.07, 6.45) is 0. The molecule has 4 aromatic rings. The van der Waals surface area contributed by atoms with Crippen LogP contribution in [0.1, 0.15) is 363 Å². The van der Waals surface area contributed by atoms with E-state index >= 15 is 0 Å². The zero-order chi connectivity index (χ0) is 90.5. The van der Waals surface area contributed by atoms with E-state index in [1.807, 2.05) is 0 Å². The van der Waals surface area contributed by atoms with E-state index < -0.39 is 34.1 Å². The van der Waals surface area contributed by atoms with Gasteiger partial charge in [0.15, 0.2) is 0 Å². The molecule has 8 N–H and O–H groups in total. The molecule has 120 heavy (non-hydrogen) atoms. The van der Waals surface area contributed by atoms with E-state index in [2.05, 4.69) is 322 Å². The first-order valence-electron chi connectivity index (χ1n) is 43.4. The molecule has 4 aliphatic carbocycles. The zero-order valence-electron chi connectivity index (χ0n) is 85.6. The Morgan fingerprint density at radius 3 is 0.350 bits per heavy atom. The minimum absolute atomic E-state index is 0. The Hall–Kier alpha value is -0.143. The van der Waals surface area contributed by atoms with Crippen LogP contribution in [0.2, 0.25) is 0 Å². The monoisotopic (exact) mass is 1900 g/mol. The second-order valence-electron chi connectivity index (χ2n) is 37.4. The van der Waals surface area contributed by atoms with Gasteiger partial charge in [0.1, 0.15) is 23.0 Å². The van der Waals surface area contributed by atoms with Crippen LogP contribution in [0.15, 0.2) is 48.5 Å². The summed E-state index contributed by atoms with van der Waals surface area (Å²) in [6, 6.07) is 17.2. The summed E-state index contributed by atoms with van der Waals surface area (Å²) in [7, 11) is 27.8. The third-order valence-corrected chi connectivity index (χ3v) is 28.3. The average molecular weight is 1910 g/mol. The molecule has 704 valence electrons.